The SMILES string of the molecule is Cc1ccc(-c2cnc(CCC(=O)NCc3ccc4c(c3)CNC4)o2)cc1.Cl.Cl. The molecule has 2 aromatic carbocycles. The molecule has 0 bridgehead atoms. The number of rotatable bonds is 6. The van der Waals surface area contributed by atoms with E-state index in [4.69, 9.17) is 4.42 Å². The third-order valence-electron chi connectivity index (χ3n) is 4.85. The topological polar surface area (TPSA) is 67.2 Å². The molecule has 1 aliphatic rings. The fraction of sp³-hybridized carbons (Fsp3) is 0.273. The Hall–Kier alpha value is -2.34. The smallest absolute Gasteiger partial charge is 0.220 e. The second-order valence-corrected chi connectivity index (χ2v) is 6.97. The first-order valence-electron chi connectivity index (χ1n) is 9.27. The molecule has 1 aromatic heterocycles. The minimum absolute atomic E-state index is 0. The standard InChI is InChI=1S/C22H23N3O2.2ClH/c1-15-2-5-17(6-3-15)20-14-25-22(27-20)9-8-21(26)24-11-16-4-7-18-12-23-13-19(18)10-16;;/h2-7,10,14,23H,8-9,11-13H2,1H3,(H,24,26);2*1H. The lowest BCUT2D eigenvalue weighted by Gasteiger charge is -2.06. The van der Waals surface area contributed by atoms with E-state index >= 15 is 0 Å². The molecule has 2 heterocycles. The molecule has 1 amide bonds. The van der Waals surface area contributed by atoms with Gasteiger partial charge in [0.25, 0.3) is 0 Å². The van der Waals surface area contributed by atoms with Gasteiger partial charge in [-0.1, -0.05) is 48.0 Å². The van der Waals surface area contributed by atoms with Crippen LogP contribution in [-0.2, 0) is 30.8 Å². The van der Waals surface area contributed by atoms with E-state index in [1.807, 2.05) is 31.2 Å². The van der Waals surface area contributed by atoms with Gasteiger partial charge in [-0.3, -0.25) is 4.79 Å². The number of nitrogens with one attached hydrogen (secondary N) is 2. The van der Waals surface area contributed by atoms with Crippen LogP contribution in [0.25, 0.3) is 11.3 Å². The van der Waals surface area contributed by atoms with Crippen molar-refractivity contribution in [3.8, 4) is 11.3 Å². The van der Waals surface area contributed by atoms with Crippen molar-refractivity contribution in [1.82, 2.24) is 15.6 Å². The molecule has 0 fully saturated rings. The fourth-order valence-electron chi connectivity index (χ4n) is 3.24. The molecule has 0 saturated heterocycles. The highest BCUT2D eigenvalue weighted by Gasteiger charge is 2.11. The van der Waals surface area contributed by atoms with Crippen LogP contribution in [0.2, 0.25) is 0 Å². The third kappa shape index (κ3) is 5.82. The number of oxazole rings is 1. The van der Waals surface area contributed by atoms with Crippen molar-refractivity contribution in [3.05, 3.63) is 76.8 Å². The zero-order valence-electron chi connectivity index (χ0n) is 16.2. The minimum Gasteiger partial charge on any atom is -0.441 e. The van der Waals surface area contributed by atoms with Gasteiger partial charge in [0.05, 0.1) is 6.20 Å². The Morgan fingerprint density at radius 2 is 1.86 bits per heavy atom. The van der Waals surface area contributed by atoms with Gasteiger partial charge >= 0.3 is 0 Å². The van der Waals surface area contributed by atoms with Crippen LogP contribution in [0.1, 0.15) is 34.6 Å². The van der Waals surface area contributed by atoms with Crippen molar-refractivity contribution in [2.24, 2.45) is 0 Å². The first-order chi connectivity index (χ1) is 13.2. The monoisotopic (exact) mass is 433 g/mol. The molecule has 5 nitrogen and oxygen atoms in total. The van der Waals surface area contributed by atoms with Crippen LogP contribution in [0, 0.1) is 6.92 Å². The summed E-state index contributed by atoms with van der Waals surface area (Å²) in [6, 6.07) is 14.5. The summed E-state index contributed by atoms with van der Waals surface area (Å²) < 4.78 is 5.78. The Balaban J connectivity index is 0.00000150. The second-order valence-electron chi connectivity index (χ2n) is 6.97. The number of halogens is 2. The van der Waals surface area contributed by atoms with Gasteiger partial charge in [-0.05, 0) is 23.6 Å². The number of nitrogens with zero attached hydrogens (tertiary/aromatic N) is 1. The van der Waals surface area contributed by atoms with Crippen LogP contribution < -0.4 is 10.6 Å². The van der Waals surface area contributed by atoms with Crippen molar-refractivity contribution >= 4 is 30.7 Å². The lowest BCUT2D eigenvalue weighted by molar-refractivity contribution is -0.121. The Kier molecular flexibility index (Phi) is 8.26. The first-order valence-corrected chi connectivity index (χ1v) is 9.27. The molecule has 154 valence electrons. The maximum absolute atomic E-state index is 12.1. The molecular formula is C22H25Cl2N3O2. The number of hydrogen-bond acceptors (Lipinski definition) is 4. The van der Waals surface area contributed by atoms with Gasteiger partial charge in [0.15, 0.2) is 11.7 Å². The zero-order chi connectivity index (χ0) is 18.6. The maximum Gasteiger partial charge on any atom is 0.220 e. The number of benzene rings is 2. The normalized spacial score (nSPS) is 11.9. The lowest BCUT2D eigenvalue weighted by Crippen LogP contribution is -2.23. The molecule has 0 atom stereocenters. The number of aryl methyl sites for hydroxylation is 2. The highest BCUT2D eigenvalue weighted by atomic mass is 35.5. The van der Waals surface area contributed by atoms with Crippen molar-refractivity contribution in [1.29, 1.82) is 0 Å². The number of carbonyl (C=O) groups excluding carboxylic acids is 1. The fourth-order valence-corrected chi connectivity index (χ4v) is 3.24. The zero-order valence-corrected chi connectivity index (χ0v) is 17.9. The van der Waals surface area contributed by atoms with Crippen LogP contribution in [0.3, 0.4) is 0 Å². The third-order valence-corrected chi connectivity index (χ3v) is 4.85. The molecule has 4 rings (SSSR count). The van der Waals surface area contributed by atoms with Gasteiger partial charge in [-0.2, -0.15) is 0 Å². The Bertz CT molecular complexity index is 955. The Labute approximate surface area is 183 Å². The number of aromatic nitrogens is 1. The molecule has 7 heteroatoms. The van der Waals surface area contributed by atoms with E-state index in [2.05, 4.69) is 33.8 Å². The van der Waals surface area contributed by atoms with Gasteiger partial charge in [0.1, 0.15) is 0 Å². The van der Waals surface area contributed by atoms with E-state index in [1.165, 1.54) is 16.7 Å². The molecule has 0 saturated carbocycles. The molecule has 0 unspecified atom stereocenters. The lowest BCUT2D eigenvalue weighted by atomic mass is 10.1. The van der Waals surface area contributed by atoms with E-state index in [1.54, 1.807) is 6.20 Å². The van der Waals surface area contributed by atoms with Crippen LogP contribution in [0.5, 0.6) is 0 Å². The van der Waals surface area contributed by atoms with Gasteiger partial charge in [0, 0.05) is 38.0 Å². The van der Waals surface area contributed by atoms with E-state index in [-0.39, 0.29) is 30.7 Å². The highest BCUT2D eigenvalue weighted by Crippen LogP contribution is 2.21. The van der Waals surface area contributed by atoms with Crippen LogP contribution in [-0.4, -0.2) is 10.9 Å². The summed E-state index contributed by atoms with van der Waals surface area (Å²) in [5.74, 6) is 1.32. The molecule has 0 radical (unpaired) electrons. The van der Waals surface area contributed by atoms with Gasteiger partial charge in [-0.15, -0.1) is 24.8 Å². The Morgan fingerprint density at radius 1 is 1.10 bits per heavy atom. The van der Waals surface area contributed by atoms with Gasteiger partial charge in [0.2, 0.25) is 5.91 Å². The van der Waals surface area contributed by atoms with Crippen molar-refractivity contribution in [3.63, 3.8) is 0 Å². The summed E-state index contributed by atoms with van der Waals surface area (Å²) in [4.78, 5) is 16.4. The summed E-state index contributed by atoms with van der Waals surface area (Å²) in [5, 5.41) is 6.31. The summed E-state index contributed by atoms with van der Waals surface area (Å²) >= 11 is 0. The van der Waals surface area contributed by atoms with Crippen LogP contribution >= 0.6 is 24.8 Å². The van der Waals surface area contributed by atoms with Crippen LogP contribution in [0.15, 0.2) is 53.1 Å². The predicted octanol–water partition coefficient (Wildman–Crippen LogP) is 4.35. The molecule has 1 aliphatic heterocycles. The first kappa shape index (κ1) is 22.9. The Morgan fingerprint density at radius 3 is 2.66 bits per heavy atom. The average Bonchev–Trinajstić information content (AvgIpc) is 3.34. The largest absolute Gasteiger partial charge is 0.441 e. The minimum atomic E-state index is 0. The van der Waals surface area contributed by atoms with E-state index in [0.717, 1.165) is 30.0 Å². The maximum atomic E-state index is 12.1. The van der Waals surface area contributed by atoms with Crippen LogP contribution in [0.4, 0.5) is 0 Å². The van der Waals surface area contributed by atoms with E-state index in [9.17, 15) is 4.79 Å². The van der Waals surface area contributed by atoms with Gasteiger partial charge in [-0.25, -0.2) is 4.98 Å². The number of amides is 1. The molecular weight excluding hydrogens is 409 g/mol. The van der Waals surface area contributed by atoms with Crippen molar-refractivity contribution in [2.75, 3.05) is 0 Å². The molecule has 2 N–H and O–H groups in total. The molecule has 0 aliphatic carbocycles. The average molecular weight is 434 g/mol. The van der Waals surface area contributed by atoms with E-state index < -0.39 is 0 Å². The summed E-state index contributed by atoms with van der Waals surface area (Å²) in [6.07, 6.45) is 2.57. The number of fused-ring (bicyclic) bond motifs is 1. The molecule has 29 heavy (non-hydrogen) atoms. The molecule has 3 aromatic rings. The van der Waals surface area contributed by atoms with Crippen molar-refractivity contribution < 1.29 is 9.21 Å². The second kappa shape index (κ2) is 10.4. The van der Waals surface area contributed by atoms with E-state index in [0.29, 0.717) is 25.3 Å². The summed E-state index contributed by atoms with van der Waals surface area (Å²) in [6.45, 7) is 4.44. The predicted molar refractivity (Wildman–Crippen MR) is 118 cm³/mol. The number of hydrogen-bond donors (Lipinski definition) is 2. The highest BCUT2D eigenvalue weighted by molar-refractivity contribution is 5.85. The van der Waals surface area contributed by atoms with Gasteiger partial charge < -0.3 is 15.1 Å². The van der Waals surface area contributed by atoms with Crippen molar-refractivity contribution in [2.45, 2.75) is 39.4 Å². The summed E-state index contributed by atoms with van der Waals surface area (Å²) in [7, 11) is 0. The quantitative estimate of drug-likeness (QED) is 0.606. The summed E-state index contributed by atoms with van der Waals surface area (Å²) in [5.41, 5.74) is 6.00. The number of carbonyl (C=O) groups is 1. The molecule has 0 spiro atoms.